The molecule has 0 bridgehead atoms. The average molecular weight is 569 g/mol. The Morgan fingerprint density at radius 3 is 2.66 bits per heavy atom. The number of benzene rings is 2. The Morgan fingerprint density at radius 1 is 1.24 bits per heavy atom. The van der Waals surface area contributed by atoms with Gasteiger partial charge in [-0.05, 0) is 57.0 Å². The van der Waals surface area contributed by atoms with Crippen molar-refractivity contribution < 1.29 is 32.6 Å². The summed E-state index contributed by atoms with van der Waals surface area (Å²) in [6.07, 6.45) is 0.751. The number of carbonyl (C=O) groups is 2. The quantitative estimate of drug-likeness (QED) is 0.0979. The van der Waals surface area contributed by atoms with Crippen LogP contribution in [-0.4, -0.2) is 62.7 Å². The molecule has 1 amide bonds. The molecular weight excluding hydrogens is 540 g/mol. The van der Waals surface area contributed by atoms with Crippen molar-refractivity contribution in [2.75, 3.05) is 31.4 Å². The minimum absolute atomic E-state index is 0.00486. The minimum atomic E-state index is -4.30. The second-order valence-electron chi connectivity index (χ2n) is 8.20. The van der Waals surface area contributed by atoms with Gasteiger partial charge in [0.1, 0.15) is 11.4 Å². The SMILES string of the molecule is CCN(CC)/[N+]([O-])=N/OCOC(=O)CNS(=O)(=O)c1cc(C(=O)NN2c3ccccc3CC2C)ccc1Cl. The summed E-state index contributed by atoms with van der Waals surface area (Å²) >= 11 is 6.09. The molecule has 0 saturated carbocycles. The Bertz CT molecular complexity index is 1300. The number of para-hydroxylation sites is 1. The first kappa shape index (κ1) is 28.9. The normalized spacial score (nSPS) is 15.1. The molecule has 2 aromatic rings. The van der Waals surface area contributed by atoms with Gasteiger partial charge in [0.2, 0.25) is 15.3 Å². The molecule has 0 fully saturated rings. The number of sulfonamides is 1. The maximum Gasteiger partial charge on any atom is 0.323 e. The van der Waals surface area contributed by atoms with Gasteiger partial charge in [-0.1, -0.05) is 29.8 Å². The molecule has 2 aromatic carbocycles. The van der Waals surface area contributed by atoms with Gasteiger partial charge >= 0.3 is 5.97 Å². The van der Waals surface area contributed by atoms with Crippen LogP contribution < -0.4 is 15.2 Å². The fourth-order valence-corrected chi connectivity index (χ4v) is 5.22. The summed E-state index contributed by atoms with van der Waals surface area (Å²) in [5, 5.41) is 17.7. The monoisotopic (exact) mass is 568 g/mol. The van der Waals surface area contributed by atoms with E-state index in [1.54, 1.807) is 18.9 Å². The summed E-state index contributed by atoms with van der Waals surface area (Å²) in [5.41, 5.74) is 4.82. The van der Waals surface area contributed by atoms with E-state index in [4.69, 9.17) is 16.3 Å². The zero-order chi connectivity index (χ0) is 27.9. The maximum atomic E-state index is 13.0. The van der Waals surface area contributed by atoms with Crippen molar-refractivity contribution in [3.63, 3.8) is 0 Å². The number of nitrogens with one attached hydrogen (secondary N) is 2. The predicted octanol–water partition coefficient (Wildman–Crippen LogP) is 2.37. The molecule has 1 aliphatic heterocycles. The van der Waals surface area contributed by atoms with Crippen LogP contribution in [0.5, 0.6) is 0 Å². The van der Waals surface area contributed by atoms with Crippen molar-refractivity contribution in [3.8, 4) is 0 Å². The molecule has 13 nitrogen and oxygen atoms in total. The number of halogens is 1. The number of hydrazine groups is 2. The van der Waals surface area contributed by atoms with E-state index in [-0.39, 0.29) is 26.5 Å². The summed E-state index contributed by atoms with van der Waals surface area (Å²) in [7, 11) is -4.30. The maximum absolute atomic E-state index is 13.0. The standard InChI is InChI=1S/C23H29ClN6O7S/c1-4-28(5-2)30(33)27-37-15-36-22(31)14-25-38(34,35)21-13-18(10-11-19(21)24)23(32)26-29-16(3)12-17-8-6-7-9-20(17)29/h6-11,13,16,25H,4-5,12,14-15H2,1-3H3,(H,26,32)/b30-27-. The van der Waals surface area contributed by atoms with Crippen molar-refractivity contribution in [2.45, 2.75) is 38.1 Å². The Labute approximate surface area is 225 Å². The molecule has 38 heavy (non-hydrogen) atoms. The molecule has 0 spiro atoms. The molecule has 0 saturated heterocycles. The highest BCUT2D eigenvalue weighted by Gasteiger charge is 2.28. The van der Waals surface area contributed by atoms with E-state index in [0.717, 1.165) is 23.7 Å². The van der Waals surface area contributed by atoms with Crippen molar-refractivity contribution in [3.05, 3.63) is 63.8 Å². The zero-order valence-electron chi connectivity index (χ0n) is 21.1. The first-order valence-electron chi connectivity index (χ1n) is 11.7. The number of nitrogens with zero attached hydrogens (tertiary/aromatic N) is 4. The predicted molar refractivity (Wildman–Crippen MR) is 137 cm³/mol. The van der Waals surface area contributed by atoms with Gasteiger partial charge in [0.25, 0.3) is 12.7 Å². The molecular formula is C23H29ClN6O7S. The first-order valence-corrected chi connectivity index (χ1v) is 13.6. The van der Waals surface area contributed by atoms with Crippen LogP contribution in [0.15, 0.2) is 52.6 Å². The summed E-state index contributed by atoms with van der Waals surface area (Å²) < 4.78 is 32.4. The number of ether oxygens (including phenoxy) is 1. The second kappa shape index (κ2) is 12.8. The van der Waals surface area contributed by atoms with Crippen LogP contribution in [0.25, 0.3) is 0 Å². The van der Waals surface area contributed by atoms with Gasteiger partial charge in [0.15, 0.2) is 0 Å². The fraction of sp³-hybridized carbons (Fsp3) is 0.391. The molecule has 2 N–H and O–H groups in total. The Kier molecular flexibility index (Phi) is 9.72. The van der Waals surface area contributed by atoms with E-state index >= 15 is 0 Å². The van der Waals surface area contributed by atoms with Gasteiger partial charge in [-0.2, -0.15) is 4.72 Å². The highest BCUT2D eigenvalue weighted by atomic mass is 35.5. The summed E-state index contributed by atoms with van der Waals surface area (Å²) in [6.45, 7) is 4.79. The second-order valence-corrected chi connectivity index (χ2v) is 10.3. The fourth-order valence-electron chi connectivity index (χ4n) is 3.73. The number of amides is 1. The highest BCUT2D eigenvalue weighted by Crippen LogP contribution is 2.30. The molecule has 0 aromatic heterocycles. The third-order valence-electron chi connectivity index (χ3n) is 5.69. The molecule has 0 radical (unpaired) electrons. The first-order chi connectivity index (χ1) is 18.1. The van der Waals surface area contributed by atoms with Crippen LogP contribution in [0, 0.1) is 5.21 Å². The summed E-state index contributed by atoms with van der Waals surface area (Å²) in [6, 6.07) is 11.5. The number of carbonyl (C=O) groups excluding carboxylic acids is 2. The van der Waals surface area contributed by atoms with E-state index in [0.29, 0.717) is 13.1 Å². The lowest BCUT2D eigenvalue weighted by molar-refractivity contribution is -0.710. The lowest BCUT2D eigenvalue weighted by atomic mass is 10.1. The van der Waals surface area contributed by atoms with Crippen LogP contribution in [0.1, 0.15) is 36.7 Å². The van der Waals surface area contributed by atoms with Gasteiger partial charge in [0.05, 0.1) is 34.8 Å². The Hall–Kier alpha value is -3.62. The van der Waals surface area contributed by atoms with Crippen molar-refractivity contribution in [1.29, 1.82) is 0 Å². The van der Waals surface area contributed by atoms with E-state index in [1.807, 2.05) is 31.2 Å². The summed E-state index contributed by atoms with van der Waals surface area (Å²) in [5.74, 6) is -1.52. The lowest BCUT2D eigenvalue weighted by Gasteiger charge is -2.25. The van der Waals surface area contributed by atoms with Gasteiger partial charge in [0, 0.05) is 5.56 Å². The van der Waals surface area contributed by atoms with Crippen LogP contribution in [-0.2, 0) is 30.8 Å². The Morgan fingerprint density at radius 2 is 1.95 bits per heavy atom. The van der Waals surface area contributed by atoms with Crippen LogP contribution in [0.4, 0.5) is 5.69 Å². The molecule has 1 heterocycles. The molecule has 3 rings (SSSR count). The van der Waals surface area contributed by atoms with Crippen LogP contribution in [0.3, 0.4) is 0 Å². The van der Waals surface area contributed by atoms with Gasteiger partial charge < -0.3 is 14.8 Å². The highest BCUT2D eigenvalue weighted by molar-refractivity contribution is 7.89. The third-order valence-corrected chi connectivity index (χ3v) is 7.57. The zero-order valence-corrected chi connectivity index (χ0v) is 22.7. The molecule has 0 aliphatic carbocycles. The largest absolute Gasteiger partial charge is 0.569 e. The molecule has 206 valence electrons. The Balaban J connectivity index is 1.59. The minimum Gasteiger partial charge on any atom is -0.569 e. The molecule has 1 aliphatic rings. The topological polar surface area (TPSA) is 156 Å². The van der Waals surface area contributed by atoms with E-state index in [2.05, 4.69) is 20.3 Å². The van der Waals surface area contributed by atoms with Gasteiger partial charge in [-0.3, -0.25) is 20.0 Å². The average Bonchev–Trinajstić information content (AvgIpc) is 3.21. The van der Waals surface area contributed by atoms with Gasteiger partial charge in [-0.15, -0.1) is 5.01 Å². The smallest absolute Gasteiger partial charge is 0.323 e. The number of esters is 1. The van der Waals surface area contributed by atoms with E-state index in [1.165, 1.54) is 17.1 Å². The number of fused-ring (bicyclic) bond motifs is 1. The van der Waals surface area contributed by atoms with E-state index in [9.17, 15) is 23.2 Å². The lowest BCUT2D eigenvalue weighted by Crippen LogP contribution is -2.45. The van der Waals surface area contributed by atoms with Crippen molar-refractivity contribution in [2.24, 2.45) is 5.28 Å². The number of anilines is 1. The molecule has 15 heteroatoms. The number of rotatable bonds is 12. The number of hydrogen-bond donors (Lipinski definition) is 2. The molecule has 1 atom stereocenters. The van der Waals surface area contributed by atoms with Crippen LogP contribution in [0.2, 0.25) is 5.02 Å². The third kappa shape index (κ3) is 7.02. The molecule has 1 unspecified atom stereocenters. The van der Waals surface area contributed by atoms with E-state index < -0.39 is 35.2 Å². The van der Waals surface area contributed by atoms with Crippen molar-refractivity contribution >= 4 is 39.2 Å². The van der Waals surface area contributed by atoms with Crippen molar-refractivity contribution in [1.82, 2.24) is 15.2 Å². The van der Waals surface area contributed by atoms with Crippen LogP contribution >= 0.6 is 11.6 Å². The van der Waals surface area contributed by atoms with Gasteiger partial charge in [-0.25, -0.2) is 8.42 Å². The summed E-state index contributed by atoms with van der Waals surface area (Å²) in [4.78, 5) is 29.3. The number of hydrogen-bond acceptors (Lipinski definition) is 9.